The maximum Gasteiger partial charge on any atom is 0.352 e. The first-order valence-electron chi connectivity index (χ1n) is 1.47. The second-order valence-corrected chi connectivity index (χ2v) is 1.07. The summed E-state index contributed by atoms with van der Waals surface area (Å²) in [4.78, 5) is 11.5. The minimum Gasteiger partial charge on any atom is -0.477 e. The van der Waals surface area contributed by atoms with Crippen molar-refractivity contribution in [1.82, 2.24) is 4.84 Å². The number of carboxylic acids is 1. The molecule has 0 saturated heterocycles. The zero-order valence-electron chi connectivity index (χ0n) is 3.44. The van der Waals surface area contributed by atoms with E-state index < -0.39 is 5.97 Å². The Hall–Kier alpha value is -0.700. The van der Waals surface area contributed by atoms with E-state index in [4.69, 9.17) is 16.9 Å². The first-order valence-corrected chi connectivity index (χ1v) is 1.85. The number of rotatable bonds is 2. The first kappa shape index (κ1) is 6.30. The van der Waals surface area contributed by atoms with E-state index in [-0.39, 0.29) is 5.70 Å². The van der Waals surface area contributed by atoms with E-state index in [0.29, 0.717) is 0 Å². The fourth-order valence-corrected chi connectivity index (χ4v) is 0.121. The van der Waals surface area contributed by atoms with E-state index in [1.54, 1.807) is 0 Å². The lowest BCUT2D eigenvalue weighted by atomic mass is 10.5. The van der Waals surface area contributed by atoms with Gasteiger partial charge in [-0.3, -0.25) is 4.84 Å². The van der Waals surface area contributed by atoms with Crippen LogP contribution in [-0.4, -0.2) is 11.1 Å². The van der Waals surface area contributed by atoms with Gasteiger partial charge in [-0.15, -0.1) is 0 Å². The summed E-state index contributed by atoms with van der Waals surface area (Å²) in [7, 11) is 0. The second kappa shape index (κ2) is 2.47. The number of aliphatic carboxylic acids is 1. The Morgan fingerprint density at radius 2 is 2.29 bits per heavy atom. The van der Waals surface area contributed by atoms with Crippen LogP contribution in [0.3, 0.4) is 0 Å². The molecule has 40 valence electrons. The molecule has 4 heteroatoms. The Balaban J connectivity index is 3.58. The SMILES string of the molecule is C=C(NCl)C(=O)O. The fraction of sp³-hybridized carbons (Fsp3) is 0. The average Bonchev–Trinajstić information content (AvgIpc) is 1.65. The third kappa shape index (κ3) is 2.05. The largest absolute Gasteiger partial charge is 0.477 e. The molecule has 2 N–H and O–H groups in total. The summed E-state index contributed by atoms with van der Waals surface area (Å²) in [6.07, 6.45) is 0. The molecule has 0 saturated carbocycles. The standard InChI is InChI=1S/C3H4ClNO2/c1-2(5-4)3(6)7/h5H,1H2,(H,6,7). The zero-order chi connectivity index (χ0) is 5.86. The van der Waals surface area contributed by atoms with E-state index >= 15 is 0 Å². The fourth-order valence-electron chi connectivity index (χ4n) is 0.0404. The molecule has 0 fully saturated rings. The lowest BCUT2D eigenvalue weighted by Gasteiger charge is -1.89. The van der Waals surface area contributed by atoms with Crippen molar-refractivity contribution < 1.29 is 9.90 Å². The molecule has 0 bridgehead atoms. The predicted molar refractivity (Wildman–Crippen MR) is 25.8 cm³/mol. The molecule has 0 heterocycles. The quantitative estimate of drug-likeness (QED) is 0.409. The minimum atomic E-state index is -1.14. The first-order chi connectivity index (χ1) is 3.18. The van der Waals surface area contributed by atoms with Gasteiger partial charge >= 0.3 is 5.97 Å². The molecule has 0 atom stereocenters. The molecule has 7 heavy (non-hydrogen) atoms. The van der Waals surface area contributed by atoms with Crippen LogP contribution in [0.15, 0.2) is 12.3 Å². The summed E-state index contributed by atoms with van der Waals surface area (Å²) in [5.41, 5.74) is -0.221. The van der Waals surface area contributed by atoms with Crippen LogP contribution in [-0.2, 0) is 4.79 Å². The Bertz CT molecular complexity index is 101. The molecular formula is C3H4ClNO2. The van der Waals surface area contributed by atoms with Gasteiger partial charge < -0.3 is 5.11 Å². The highest BCUT2D eigenvalue weighted by molar-refractivity contribution is 6.16. The lowest BCUT2D eigenvalue weighted by molar-refractivity contribution is -0.132. The van der Waals surface area contributed by atoms with E-state index in [0.717, 1.165) is 0 Å². The van der Waals surface area contributed by atoms with E-state index in [2.05, 4.69) is 6.58 Å². The van der Waals surface area contributed by atoms with Gasteiger partial charge in [0.2, 0.25) is 0 Å². The van der Waals surface area contributed by atoms with Crippen LogP contribution in [0.4, 0.5) is 0 Å². The molecule has 0 aliphatic heterocycles. The van der Waals surface area contributed by atoms with E-state index in [1.807, 2.05) is 4.84 Å². The molecule has 0 aromatic heterocycles. The van der Waals surface area contributed by atoms with Gasteiger partial charge in [0, 0.05) is 11.8 Å². The summed E-state index contributed by atoms with van der Waals surface area (Å²) in [5, 5.41) is 7.94. The summed E-state index contributed by atoms with van der Waals surface area (Å²) in [6.45, 7) is 3.03. The number of hydrogen-bond acceptors (Lipinski definition) is 2. The smallest absolute Gasteiger partial charge is 0.352 e. The zero-order valence-corrected chi connectivity index (χ0v) is 4.20. The molecular weight excluding hydrogens is 117 g/mol. The molecule has 0 radical (unpaired) electrons. The van der Waals surface area contributed by atoms with E-state index in [9.17, 15) is 4.79 Å². The van der Waals surface area contributed by atoms with Crippen molar-refractivity contribution in [1.29, 1.82) is 0 Å². The minimum absolute atomic E-state index is 0.221. The molecule has 0 unspecified atom stereocenters. The van der Waals surface area contributed by atoms with Gasteiger partial charge in [0.1, 0.15) is 5.70 Å². The third-order valence-corrected chi connectivity index (χ3v) is 0.600. The Labute approximate surface area is 45.7 Å². The van der Waals surface area contributed by atoms with Crippen LogP contribution in [0.1, 0.15) is 0 Å². The highest BCUT2D eigenvalue weighted by Crippen LogP contribution is 1.81. The van der Waals surface area contributed by atoms with Crippen LogP contribution in [0.2, 0.25) is 0 Å². The molecule has 0 amide bonds. The van der Waals surface area contributed by atoms with Crippen LogP contribution in [0.25, 0.3) is 0 Å². The van der Waals surface area contributed by atoms with Crippen LogP contribution in [0, 0.1) is 0 Å². The van der Waals surface area contributed by atoms with Gasteiger partial charge in [-0.1, -0.05) is 6.58 Å². The maximum absolute atomic E-state index is 9.68. The highest BCUT2D eigenvalue weighted by Gasteiger charge is 1.97. The van der Waals surface area contributed by atoms with Crippen LogP contribution < -0.4 is 4.84 Å². The Morgan fingerprint density at radius 1 is 1.86 bits per heavy atom. The second-order valence-electron chi connectivity index (χ2n) is 0.878. The van der Waals surface area contributed by atoms with Crippen molar-refractivity contribution in [2.45, 2.75) is 0 Å². The molecule has 0 spiro atoms. The Morgan fingerprint density at radius 3 is 2.29 bits per heavy atom. The summed E-state index contributed by atoms with van der Waals surface area (Å²) in [5.74, 6) is -1.14. The number of halogens is 1. The van der Waals surface area contributed by atoms with Crippen molar-refractivity contribution in [3.63, 3.8) is 0 Å². The number of hydrogen-bond donors (Lipinski definition) is 2. The molecule has 0 aromatic rings. The van der Waals surface area contributed by atoms with E-state index in [1.165, 1.54) is 0 Å². The highest BCUT2D eigenvalue weighted by atomic mass is 35.5. The van der Waals surface area contributed by atoms with Gasteiger partial charge in [0.05, 0.1) is 0 Å². The summed E-state index contributed by atoms with van der Waals surface area (Å²) < 4.78 is 0. The Kier molecular flexibility index (Phi) is 2.22. The average molecular weight is 122 g/mol. The molecule has 3 nitrogen and oxygen atoms in total. The predicted octanol–water partition coefficient (Wildman–Crippen LogP) is 0.328. The van der Waals surface area contributed by atoms with Gasteiger partial charge in [-0.05, 0) is 0 Å². The van der Waals surface area contributed by atoms with Crippen molar-refractivity contribution in [2.75, 3.05) is 0 Å². The molecule has 0 aliphatic rings. The van der Waals surface area contributed by atoms with Crippen molar-refractivity contribution in [3.05, 3.63) is 12.3 Å². The summed E-state index contributed by atoms with van der Waals surface area (Å²) >= 11 is 4.82. The van der Waals surface area contributed by atoms with Crippen molar-refractivity contribution in [2.24, 2.45) is 0 Å². The normalized spacial score (nSPS) is 7.57. The maximum atomic E-state index is 9.68. The van der Waals surface area contributed by atoms with Gasteiger partial charge in [0.15, 0.2) is 0 Å². The number of carbonyl (C=O) groups is 1. The van der Waals surface area contributed by atoms with Crippen molar-refractivity contribution >= 4 is 17.7 Å². The van der Waals surface area contributed by atoms with Gasteiger partial charge in [-0.25, -0.2) is 4.79 Å². The lowest BCUT2D eigenvalue weighted by Crippen LogP contribution is -2.08. The van der Waals surface area contributed by atoms with Crippen LogP contribution in [0.5, 0.6) is 0 Å². The molecule has 0 aromatic carbocycles. The number of carboxylic acid groups (broad SMARTS) is 1. The molecule has 0 rings (SSSR count). The number of nitrogens with one attached hydrogen (secondary N) is 1. The van der Waals surface area contributed by atoms with Crippen molar-refractivity contribution in [3.8, 4) is 0 Å². The van der Waals surface area contributed by atoms with Crippen LogP contribution >= 0.6 is 11.8 Å². The third-order valence-electron chi connectivity index (χ3n) is 0.372. The monoisotopic (exact) mass is 121 g/mol. The topological polar surface area (TPSA) is 49.3 Å². The molecule has 0 aliphatic carbocycles. The van der Waals surface area contributed by atoms with Gasteiger partial charge in [-0.2, -0.15) is 0 Å². The summed E-state index contributed by atoms with van der Waals surface area (Å²) in [6, 6.07) is 0. The van der Waals surface area contributed by atoms with Gasteiger partial charge in [0.25, 0.3) is 0 Å².